The summed E-state index contributed by atoms with van der Waals surface area (Å²) < 4.78 is 0. The third-order valence-corrected chi connectivity index (χ3v) is 4.96. The fourth-order valence-corrected chi connectivity index (χ4v) is 3.56. The van der Waals surface area contributed by atoms with E-state index in [1.54, 1.807) is 6.07 Å². The molecule has 0 radical (unpaired) electrons. The SMILES string of the molecule is O=C1CCc2cc(C(=O)NCCNC3CCCCCC3)ccc2N1. The van der Waals surface area contributed by atoms with Crippen LogP contribution in [-0.2, 0) is 11.2 Å². The maximum absolute atomic E-state index is 12.3. The predicted octanol–water partition coefficient (Wildman–Crippen LogP) is 2.61. The normalized spacial score (nSPS) is 18.4. The second-order valence-electron chi connectivity index (χ2n) is 6.82. The third kappa shape index (κ3) is 4.57. The van der Waals surface area contributed by atoms with Gasteiger partial charge < -0.3 is 16.0 Å². The molecule has 1 fully saturated rings. The van der Waals surface area contributed by atoms with Crippen molar-refractivity contribution < 1.29 is 9.59 Å². The van der Waals surface area contributed by atoms with Gasteiger partial charge in [-0.15, -0.1) is 0 Å². The quantitative estimate of drug-likeness (QED) is 0.574. The van der Waals surface area contributed by atoms with Gasteiger partial charge >= 0.3 is 0 Å². The zero-order chi connectivity index (χ0) is 16.8. The van der Waals surface area contributed by atoms with E-state index >= 15 is 0 Å². The van der Waals surface area contributed by atoms with E-state index in [9.17, 15) is 9.59 Å². The van der Waals surface area contributed by atoms with Crippen LogP contribution in [0.2, 0.25) is 0 Å². The summed E-state index contributed by atoms with van der Waals surface area (Å²) in [5.41, 5.74) is 2.54. The molecule has 130 valence electrons. The Labute approximate surface area is 143 Å². The predicted molar refractivity (Wildman–Crippen MR) is 95.2 cm³/mol. The van der Waals surface area contributed by atoms with Crippen molar-refractivity contribution in [2.24, 2.45) is 0 Å². The number of hydrogen-bond donors (Lipinski definition) is 3. The van der Waals surface area contributed by atoms with Crippen molar-refractivity contribution >= 4 is 17.5 Å². The number of hydrogen-bond acceptors (Lipinski definition) is 3. The lowest BCUT2D eigenvalue weighted by atomic mass is 10.00. The molecular formula is C19H27N3O2. The lowest BCUT2D eigenvalue weighted by Gasteiger charge is -2.18. The molecule has 24 heavy (non-hydrogen) atoms. The van der Waals surface area contributed by atoms with Crippen LogP contribution in [0.4, 0.5) is 5.69 Å². The van der Waals surface area contributed by atoms with E-state index in [-0.39, 0.29) is 11.8 Å². The monoisotopic (exact) mass is 329 g/mol. The fourth-order valence-electron chi connectivity index (χ4n) is 3.56. The molecule has 0 bridgehead atoms. The van der Waals surface area contributed by atoms with Crippen molar-refractivity contribution in [3.63, 3.8) is 0 Å². The van der Waals surface area contributed by atoms with Crippen molar-refractivity contribution in [1.82, 2.24) is 10.6 Å². The minimum absolute atomic E-state index is 0.0441. The smallest absolute Gasteiger partial charge is 0.251 e. The van der Waals surface area contributed by atoms with Crippen LogP contribution in [0.15, 0.2) is 18.2 Å². The first kappa shape index (κ1) is 17.0. The third-order valence-electron chi connectivity index (χ3n) is 4.96. The number of aryl methyl sites for hydroxylation is 1. The van der Waals surface area contributed by atoms with Gasteiger partial charge in [0.05, 0.1) is 0 Å². The summed E-state index contributed by atoms with van der Waals surface area (Å²) in [4.78, 5) is 23.6. The van der Waals surface area contributed by atoms with Crippen LogP contribution in [0.3, 0.4) is 0 Å². The number of carbonyl (C=O) groups is 2. The largest absolute Gasteiger partial charge is 0.351 e. The average molecular weight is 329 g/mol. The second kappa shape index (κ2) is 8.29. The minimum Gasteiger partial charge on any atom is -0.351 e. The highest BCUT2D eigenvalue weighted by molar-refractivity contribution is 5.97. The van der Waals surface area contributed by atoms with E-state index in [0.29, 0.717) is 31.0 Å². The lowest BCUT2D eigenvalue weighted by molar-refractivity contribution is -0.116. The zero-order valence-electron chi connectivity index (χ0n) is 14.2. The summed E-state index contributed by atoms with van der Waals surface area (Å²) in [6.07, 6.45) is 9.04. The molecule has 0 unspecified atom stereocenters. The van der Waals surface area contributed by atoms with Crippen LogP contribution in [-0.4, -0.2) is 30.9 Å². The van der Waals surface area contributed by atoms with E-state index in [0.717, 1.165) is 17.8 Å². The van der Waals surface area contributed by atoms with Gasteiger partial charge in [-0.2, -0.15) is 0 Å². The number of benzene rings is 1. The number of nitrogens with one attached hydrogen (secondary N) is 3. The molecule has 3 N–H and O–H groups in total. The Hall–Kier alpha value is -1.88. The molecule has 0 spiro atoms. The lowest BCUT2D eigenvalue weighted by Crippen LogP contribution is -2.36. The van der Waals surface area contributed by atoms with Crippen LogP contribution < -0.4 is 16.0 Å². The minimum atomic E-state index is -0.0441. The Morgan fingerprint density at radius 2 is 1.88 bits per heavy atom. The maximum Gasteiger partial charge on any atom is 0.251 e. The number of anilines is 1. The molecule has 1 aromatic carbocycles. The molecule has 5 nitrogen and oxygen atoms in total. The Balaban J connectivity index is 1.44. The van der Waals surface area contributed by atoms with E-state index in [2.05, 4.69) is 16.0 Å². The molecule has 0 atom stereocenters. The van der Waals surface area contributed by atoms with Crippen molar-refractivity contribution in [2.45, 2.75) is 57.4 Å². The van der Waals surface area contributed by atoms with Gasteiger partial charge in [0.25, 0.3) is 5.91 Å². The summed E-state index contributed by atoms with van der Waals surface area (Å²) >= 11 is 0. The first-order valence-electron chi connectivity index (χ1n) is 9.17. The van der Waals surface area contributed by atoms with Crippen molar-refractivity contribution in [3.05, 3.63) is 29.3 Å². The van der Waals surface area contributed by atoms with Gasteiger partial charge in [0, 0.05) is 36.8 Å². The Morgan fingerprint density at radius 3 is 2.67 bits per heavy atom. The molecule has 0 aromatic heterocycles. The summed E-state index contributed by atoms with van der Waals surface area (Å²) in [7, 11) is 0. The summed E-state index contributed by atoms with van der Waals surface area (Å²) in [5.74, 6) is 0.00153. The van der Waals surface area contributed by atoms with Crippen molar-refractivity contribution in [2.75, 3.05) is 18.4 Å². The Bertz CT molecular complexity index is 592. The van der Waals surface area contributed by atoms with Gasteiger partial charge in [-0.05, 0) is 43.0 Å². The molecule has 1 aromatic rings. The van der Waals surface area contributed by atoms with Crippen LogP contribution in [0.25, 0.3) is 0 Å². The summed E-state index contributed by atoms with van der Waals surface area (Å²) in [6.45, 7) is 1.46. The highest BCUT2D eigenvalue weighted by Gasteiger charge is 2.16. The number of rotatable bonds is 5. The van der Waals surface area contributed by atoms with Gasteiger partial charge in [-0.3, -0.25) is 9.59 Å². The highest BCUT2D eigenvalue weighted by Crippen LogP contribution is 2.23. The van der Waals surface area contributed by atoms with Crippen LogP contribution in [0.5, 0.6) is 0 Å². The molecule has 3 rings (SSSR count). The van der Waals surface area contributed by atoms with E-state index in [1.807, 2.05) is 12.1 Å². The van der Waals surface area contributed by atoms with Crippen LogP contribution >= 0.6 is 0 Å². The fraction of sp³-hybridized carbons (Fsp3) is 0.579. The molecule has 1 aliphatic heterocycles. The number of fused-ring (bicyclic) bond motifs is 1. The summed E-state index contributed by atoms with van der Waals surface area (Å²) in [6, 6.07) is 6.10. The van der Waals surface area contributed by atoms with Crippen LogP contribution in [0, 0.1) is 0 Å². The standard InChI is InChI=1S/C19H27N3O2/c23-18-10-8-14-13-15(7-9-17(14)22-18)19(24)21-12-11-20-16-5-3-1-2-4-6-16/h7,9,13,16,20H,1-6,8,10-12H2,(H,21,24)(H,22,23). The van der Waals surface area contributed by atoms with E-state index in [1.165, 1.54) is 38.5 Å². The Morgan fingerprint density at radius 1 is 1.08 bits per heavy atom. The first-order valence-corrected chi connectivity index (χ1v) is 9.17. The summed E-state index contributed by atoms with van der Waals surface area (Å²) in [5, 5.41) is 9.38. The average Bonchev–Trinajstić information content (AvgIpc) is 2.87. The molecule has 1 saturated carbocycles. The molecule has 2 aliphatic rings. The zero-order valence-corrected chi connectivity index (χ0v) is 14.2. The molecule has 0 saturated heterocycles. The van der Waals surface area contributed by atoms with Gasteiger partial charge in [0.1, 0.15) is 0 Å². The highest BCUT2D eigenvalue weighted by atomic mass is 16.2. The van der Waals surface area contributed by atoms with Gasteiger partial charge in [0.2, 0.25) is 5.91 Å². The molecule has 1 aliphatic carbocycles. The Kier molecular flexibility index (Phi) is 5.86. The number of carbonyl (C=O) groups excluding carboxylic acids is 2. The van der Waals surface area contributed by atoms with Crippen molar-refractivity contribution in [3.8, 4) is 0 Å². The topological polar surface area (TPSA) is 70.2 Å². The first-order chi connectivity index (χ1) is 11.7. The second-order valence-corrected chi connectivity index (χ2v) is 6.82. The van der Waals surface area contributed by atoms with E-state index < -0.39 is 0 Å². The number of amides is 2. The molecule has 5 heteroatoms. The van der Waals surface area contributed by atoms with Crippen LogP contribution in [0.1, 0.15) is 60.9 Å². The molecule has 2 amide bonds. The van der Waals surface area contributed by atoms with Crippen molar-refractivity contribution in [1.29, 1.82) is 0 Å². The maximum atomic E-state index is 12.3. The molecular weight excluding hydrogens is 302 g/mol. The molecule has 1 heterocycles. The van der Waals surface area contributed by atoms with Gasteiger partial charge in [-0.25, -0.2) is 0 Å². The van der Waals surface area contributed by atoms with Gasteiger partial charge in [-0.1, -0.05) is 25.7 Å². The van der Waals surface area contributed by atoms with Gasteiger partial charge in [0.15, 0.2) is 0 Å². The van der Waals surface area contributed by atoms with E-state index in [4.69, 9.17) is 0 Å².